The number of rotatable bonds is 5. The fourth-order valence-corrected chi connectivity index (χ4v) is 2.26. The molecule has 2 nitrogen and oxygen atoms in total. The van der Waals surface area contributed by atoms with E-state index in [1.54, 1.807) is 18.7 Å². The van der Waals surface area contributed by atoms with E-state index in [2.05, 4.69) is 25.1 Å². The van der Waals surface area contributed by atoms with Crippen LogP contribution in [0.2, 0.25) is 0 Å². The monoisotopic (exact) mass is 224 g/mol. The van der Waals surface area contributed by atoms with Crippen molar-refractivity contribution in [1.82, 2.24) is 0 Å². The number of carbonyl (C=O) groups is 1. The average molecular weight is 224 g/mol. The van der Waals surface area contributed by atoms with Gasteiger partial charge in [0.1, 0.15) is 0 Å². The molecular formula is C12H16O2S. The maximum absolute atomic E-state index is 10.6. The molecule has 1 rings (SSSR count). The maximum Gasteiger partial charge on any atom is 0.307 e. The SMILES string of the molecule is Cc1cccc(CSCC(C)C(=O)O)c1. The molecule has 0 aromatic heterocycles. The molecule has 0 amide bonds. The third-order valence-corrected chi connectivity index (χ3v) is 3.41. The smallest absolute Gasteiger partial charge is 0.307 e. The summed E-state index contributed by atoms with van der Waals surface area (Å²) < 4.78 is 0. The average Bonchev–Trinajstić information content (AvgIpc) is 2.17. The van der Waals surface area contributed by atoms with Gasteiger partial charge in [0.15, 0.2) is 0 Å². The second kappa shape index (κ2) is 5.81. The first-order valence-electron chi connectivity index (χ1n) is 4.95. The van der Waals surface area contributed by atoms with Crippen molar-refractivity contribution in [2.24, 2.45) is 5.92 Å². The third-order valence-electron chi connectivity index (χ3n) is 2.14. The van der Waals surface area contributed by atoms with Gasteiger partial charge in [-0.15, -0.1) is 0 Å². The molecule has 0 bridgehead atoms. The first kappa shape index (κ1) is 12.1. The molecule has 1 N–H and O–H groups in total. The van der Waals surface area contributed by atoms with Gasteiger partial charge in [-0.1, -0.05) is 36.8 Å². The largest absolute Gasteiger partial charge is 0.481 e. The molecule has 82 valence electrons. The van der Waals surface area contributed by atoms with Crippen molar-refractivity contribution < 1.29 is 9.90 Å². The molecule has 1 unspecified atom stereocenters. The lowest BCUT2D eigenvalue weighted by atomic mass is 10.2. The van der Waals surface area contributed by atoms with Crippen LogP contribution in [0.5, 0.6) is 0 Å². The molecule has 0 spiro atoms. The molecular weight excluding hydrogens is 208 g/mol. The Morgan fingerprint density at radius 1 is 1.53 bits per heavy atom. The zero-order chi connectivity index (χ0) is 11.3. The molecule has 0 saturated carbocycles. The Bertz CT molecular complexity index is 336. The normalized spacial score (nSPS) is 12.4. The van der Waals surface area contributed by atoms with Crippen LogP contribution < -0.4 is 0 Å². The quantitative estimate of drug-likeness (QED) is 0.835. The minimum absolute atomic E-state index is 0.264. The molecule has 3 heteroatoms. The van der Waals surface area contributed by atoms with Gasteiger partial charge < -0.3 is 5.11 Å². The van der Waals surface area contributed by atoms with Crippen molar-refractivity contribution >= 4 is 17.7 Å². The first-order valence-corrected chi connectivity index (χ1v) is 6.11. The van der Waals surface area contributed by atoms with E-state index in [4.69, 9.17) is 5.11 Å². The fraction of sp³-hybridized carbons (Fsp3) is 0.417. The lowest BCUT2D eigenvalue weighted by molar-refractivity contribution is -0.140. The predicted octanol–water partition coefficient (Wildman–Crippen LogP) is 2.95. The Hall–Kier alpha value is -0.960. The van der Waals surface area contributed by atoms with Crippen LogP contribution >= 0.6 is 11.8 Å². The summed E-state index contributed by atoms with van der Waals surface area (Å²) in [7, 11) is 0. The van der Waals surface area contributed by atoms with Crippen molar-refractivity contribution in [2.45, 2.75) is 19.6 Å². The number of carboxylic acids is 1. The zero-order valence-electron chi connectivity index (χ0n) is 9.06. The Labute approximate surface area is 94.7 Å². The topological polar surface area (TPSA) is 37.3 Å². The number of hydrogen-bond donors (Lipinski definition) is 1. The molecule has 0 aliphatic heterocycles. The van der Waals surface area contributed by atoms with Gasteiger partial charge in [-0.2, -0.15) is 11.8 Å². The first-order chi connectivity index (χ1) is 7.09. The summed E-state index contributed by atoms with van der Waals surface area (Å²) in [5, 5.41) is 8.71. The van der Waals surface area contributed by atoms with Gasteiger partial charge >= 0.3 is 5.97 Å². The van der Waals surface area contributed by atoms with E-state index in [9.17, 15) is 4.79 Å². The lowest BCUT2D eigenvalue weighted by Crippen LogP contribution is -2.11. The van der Waals surface area contributed by atoms with E-state index in [0.717, 1.165) is 5.75 Å². The van der Waals surface area contributed by atoms with Crippen molar-refractivity contribution in [1.29, 1.82) is 0 Å². The standard InChI is InChI=1S/C12H16O2S/c1-9-4-3-5-11(6-9)8-15-7-10(2)12(13)14/h3-6,10H,7-8H2,1-2H3,(H,13,14). The molecule has 0 heterocycles. The highest BCUT2D eigenvalue weighted by molar-refractivity contribution is 7.98. The van der Waals surface area contributed by atoms with Crippen LogP contribution in [0, 0.1) is 12.8 Å². The van der Waals surface area contributed by atoms with Crippen molar-refractivity contribution in [3.8, 4) is 0 Å². The van der Waals surface area contributed by atoms with Crippen LogP contribution in [-0.2, 0) is 10.5 Å². The van der Waals surface area contributed by atoms with E-state index in [0.29, 0.717) is 5.75 Å². The third kappa shape index (κ3) is 4.38. The molecule has 0 fully saturated rings. The highest BCUT2D eigenvalue weighted by Gasteiger charge is 2.10. The summed E-state index contributed by atoms with van der Waals surface area (Å²) in [5.74, 6) is 0.578. The van der Waals surface area contributed by atoms with E-state index < -0.39 is 5.97 Å². The Morgan fingerprint density at radius 3 is 2.87 bits per heavy atom. The van der Waals surface area contributed by atoms with E-state index in [1.807, 2.05) is 6.07 Å². The Kier molecular flexibility index (Phi) is 4.69. The van der Waals surface area contributed by atoms with Gasteiger partial charge in [-0.3, -0.25) is 4.79 Å². The molecule has 0 aliphatic rings. The van der Waals surface area contributed by atoms with Crippen LogP contribution in [0.4, 0.5) is 0 Å². The van der Waals surface area contributed by atoms with Crippen LogP contribution in [0.3, 0.4) is 0 Å². The van der Waals surface area contributed by atoms with Gasteiger partial charge in [-0.25, -0.2) is 0 Å². The molecule has 0 radical (unpaired) electrons. The lowest BCUT2D eigenvalue weighted by Gasteiger charge is -2.06. The van der Waals surface area contributed by atoms with Crippen molar-refractivity contribution in [3.63, 3.8) is 0 Å². The summed E-state index contributed by atoms with van der Waals surface area (Å²) in [6.07, 6.45) is 0. The molecule has 0 saturated heterocycles. The van der Waals surface area contributed by atoms with Crippen LogP contribution in [-0.4, -0.2) is 16.8 Å². The van der Waals surface area contributed by atoms with Gasteiger partial charge in [0.2, 0.25) is 0 Å². The second-order valence-electron chi connectivity index (χ2n) is 3.74. The summed E-state index contributed by atoms with van der Waals surface area (Å²) >= 11 is 1.67. The number of carboxylic acid groups (broad SMARTS) is 1. The van der Waals surface area contributed by atoms with Gasteiger partial charge in [-0.05, 0) is 12.5 Å². The maximum atomic E-state index is 10.6. The number of aryl methyl sites for hydroxylation is 1. The number of aliphatic carboxylic acids is 1. The molecule has 0 aliphatic carbocycles. The van der Waals surface area contributed by atoms with Crippen LogP contribution in [0.1, 0.15) is 18.1 Å². The highest BCUT2D eigenvalue weighted by Crippen LogP contribution is 2.16. The van der Waals surface area contributed by atoms with Crippen LogP contribution in [0.15, 0.2) is 24.3 Å². The summed E-state index contributed by atoms with van der Waals surface area (Å²) in [5.41, 5.74) is 2.51. The van der Waals surface area contributed by atoms with Gasteiger partial charge in [0.25, 0.3) is 0 Å². The number of hydrogen-bond acceptors (Lipinski definition) is 2. The second-order valence-corrected chi connectivity index (χ2v) is 4.77. The molecule has 15 heavy (non-hydrogen) atoms. The predicted molar refractivity (Wildman–Crippen MR) is 64.1 cm³/mol. The molecule has 1 atom stereocenters. The summed E-state index contributed by atoms with van der Waals surface area (Å²) in [4.78, 5) is 10.6. The van der Waals surface area contributed by atoms with Crippen molar-refractivity contribution in [2.75, 3.05) is 5.75 Å². The zero-order valence-corrected chi connectivity index (χ0v) is 9.88. The highest BCUT2D eigenvalue weighted by atomic mass is 32.2. The summed E-state index contributed by atoms with van der Waals surface area (Å²) in [6, 6.07) is 8.31. The Balaban J connectivity index is 2.35. The summed E-state index contributed by atoms with van der Waals surface area (Å²) in [6.45, 7) is 3.81. The van der Waals surface area contributed by atoms with Crippen LogP contribution in [0.25, 0.3) is 0 Å². The van der Waals surface area contributed by atoms with Gasteiger partial charge in [0, 0.05) is 11.5 Å². The van der Waals surface area contributed by atoms with E-state index in [-0.39, 0.29) is 5.92 Å². The van der Waals surface area contributed by atoms with E-state index in [1.165, 1.54) is 11.1 Å². The Morgan fingerprint density at radius 2 is 2.27 bits per heavy atom. The molecule has 1 aromatic rings. The van der Waals surface area contributed by atoms with Gasteiger partial charge in [0.05, 0.1) is 5.92 Å². The number of benzene rings is 1. The van der Waals surface area contributed by atoms with Crippen molar-refractivity contribution in [3.05, 3.63) is 35.4 Å². The fourth-order valence-electron chi connectivity index (χ4n) is 1.23. The van der Waals surface area contributed by atoms with E-state index >= 15 is 0 Å². The molecule has 1 aromatic carbocycles. The minimum Gasteiger partial charge on any atom is -0.481 e. The minimum atomic E-state index is -0.716. The number of thioether (sulfide) groups is 1.